The zero-order valence-corrected chi connectivity index (χ0v) is 20.1. The van der Waals surface area contributed by atoms with Gasteiger partial charge < -0.3 is 14.4 Å². The van der Waals surface area contributed by atoms with Gasteiger partial charge in [-0.3, -0.25) is 4.90 Å². The van der Waals surface area contributed by atoms with Gasteiger partial charge in [0.1, 0.15) is 0 Å². The maximum atomic E-state index is 5.36. The van der Waals surface area contributed by atoms with Crippen LogP contribution in [0.5, 0.6) is 0 Å². The molecule has 4 rings (SSSR count). The third kappa shape index (κ3) is 4.92. The van der Waals surface area contributed by atoms with Gasteiger partial charge in [0, 0.05) is 48.8 Å². The minimum absolute atomic E-state index is 0.402. The molecule has 0 spiro atoms. The lowest BCUT2D eigenvalue weighted by molar-refractivity contribution is 0.190. The molecule has 2 aliphatic heterocycles. The quantitative estimate of drug-likeness (QED) is 0.548. The highest BCUT2D eigenvalue weighted by Crippen LogP contribution is 2.47. The average Bonchev–Trinajstić information content (AvgIpc) is 3.32. The number of methoxy groups -OCH3 is 2. The molecule has 1 aliphatic carbocycles. The first-order chi connectivity index (χ1) is 15.1. The average molecular weight is 442 g/mol. The summed E-state index contributed by atoms with van der Waals surface area (Å²) in [4.78, 5) is 12.7. The van der Waals surface area contributed by atoms with Gasteiger partial charge >= 0.3 is 0 Å². The van der Waals surface area contributed by atoms with Crippen molar-refractivity contribution in [2.75, 3.05) is 58.5 Å². The standard InChI is InChI=1S/C25H35N3O2S/c1-5-19-15-21(28(10-12-29-3)11-13-30-4)17-23-25(19)26-24-18(2)14-20(16-22(24)31-23)27-8-6-7-9-27/h14-17,20H,5-13H2,1-4H3. The van der Waals surface area contributed by atoms with E-state index in [9.17, 15) is 0 Å². The predicted molar refractivity (Wildman–Crippen MR) is 131 cm³/mol. The van der Waals surface area contributed by atoms with Crippen LogP contribution in [0.15, 0.2) is 44.7 Å². The number of likely N-dealkylation sites (tertiary alicyclic amines) is 1. The number of hydrogen-bond donors (Lipinski definition) is 0. The predicted octanol–water partition coefficient (Wildman–Crippen LogP) is 4.83. The van der Waals surface area contributed by atoms with Crippen LogP contribution in [0.3, 0.4) is 0 Å². The number of hydrogen-bond acceptors (Lipinski definition) is 6. The van der Waals surface area contributed by atoms with Gasteiger partial charge in [0.25, 0.3) is 0 Å². The van der Waals surface area contributed by atoms with Crippen LogP contribution >= 0.6 is 11.8 Å². The van der Waals surface area contributed by atoms with Crippen molar-refractivity contribution < 1.29 is 9.47 Å². The summed E-state index contributed by atoms with van der Waals surface area (Å²) in [5.41, 5.74) is 6.15. The zero-order valence-electron chi connectivity index (χ0n) is 19.3. The van der Waals surface area contributed by atoms with Crippen molar-refractivity contribution in [2.24, 2.45) is 4.99 Å². The highest BCUT2D eigenvalue weighted by atomic mass is 32.2. The molecule has 1 unspecified atom stereocenters. The number of aliphatic imine (C=N–C) groups is 1. The van der Waals surface area contributed by atoms with Crippen molar-refractivity contribution in [3.8, 4) is 0 Å². The number of anilines is 1. The topological polar surface area (TPSA) is 37.3 Å². The van der Waals surface area contributed by atoms with Crippen molar-refractivity contribution in [3.05, 3.63) is 40.3 Å². The fourth-order valence-corrected chi connectivity index (χ4v) is 5.80. The molecule has 5 nitrogen and oxygen atoms in total. The van der Waals surface area contributed by atoms with Crippen molar-refractivity contribution in [2.45, 2.75) is 44.0 Å². The molecule has 1 saturated heterocycles. The Morgan fingerprint density at radius 1 is 1.10 bits per heavy atom. The van der Waals surface area contributed by atoms with Crippen molar-refractivity contribution in [1.29, 1.82) is 0 Å². The smallest absolute Gasteiger partial charge is 0.0810 e. The molecule has 6 heteroatoms. The van der Waals surface area contributed by atoms with Crippen LogP contribution in [0, 0.1) is 0 Å². The lowest BCUT2D eigenvalue weighted by atomic mass is 9.99. The summed E-state index contributed by atoms with van der Waals surface area (Å²) in [5, 5.41) is 0. The van der Waals surface area contributed by atoms with E-state index in [-0.39, 0.29) is 0 Å². The molecule has 3 aliphatic rings. The fraction of sp³-hybridized carbons (Fsp3) is 0.560. The molecule has 0 aromatic heterocycles. The normalized spacial score (nSPS) is 20.6. The molecule has 1 atom stereocenters. The van der Waals surface area contributed by atoms with E-state index < -0.39 is 0 Å². The van der Waals surface area contributed by atoms with Gasteiger partial charge in [0.2, 0.25) is 0 Å². The molecule has 168 valence electrons. The van der Waals surface area contributed by atoms with Crippen LogP contribution in [0.2, 0.25) is 0 Å². The van der Waals surface area contributed by atoms with Crippen LogP contribution in [0.1, 0.15) is 32.3 Å². The van der Waals surface area contributed by atoms with E-state index in [0.717, 1.165) is 30.9 Å². The largest absolute Gasteiger partial charge is 0.383 e. The molecule has 2 heterocycles. The second-order valence-corrected chi connectivity index (χ2v) is 9.54. The van der Waals surface area contributed by atoms with Crippen molar-refractivity contribution >= 4 is 28.8 Å². The van der Waals surface area contributed by atoms with Crippen LogP contribution in [-0.4, -0.2) is 70.3 Å². The number of ether oxygens (including phenoxy) is 2. The summed E-state index contributed by atoms with van der Waals surface area (Å²) in [6, 6.07) is 5.02. The van der Waals surface area contributed by atoms with Crippen molar-refractivity contribution in [3.63, 3.8) is 0 Å². The van der Waals surface area contributed by atoms with E-state index in [1.54, 1.807) is 14.2 Å². The number of aryl methyl sites for hydroxylation is 1. The third-order valence-corrected chi connectivity index (χ3v) is 7.45. The summed E-state index contributed by atoms with van der Waals surface area (Å²) in [7, 11) is 3.51. The molecular weight excluding hydrogens is 406 g/mol. The Kier molecular flexibility index (Phi) is 7.54. The Labute approximate surface area is 191 Å². The van der Waals surface area contributed by atoms with Gasteiger partial charge in [-0.2, -0.15) is 0 Å². The molecular formula is C25H35N3O2S. The number of thioether (sulfide) groups is 1. The first-order valence-electron chi connectivity index (χ1n) is 11.5. The molecule has 1 fully saturated rings. The first-order valence-corrected chi connectivity index (χ1v) is 12.3. The van der Waals surface area contributed by atoms with Gasteiger partial charge in [-0.05, 0) is 68.6 Å². The third-order valence-electron chi connectivity index (χ3n) is 6.37. The van der Waals surface area contributed by atoms with E-state index >= 15 is 0 Å². The second kappa shape index (κ2) is 10.3. The second-order valence-electron chi connectivity index (χ2n) is 8.45. The van der Waals surface area contributed by atoms with Crippen molar-refractivity contribution in [1.82, 2.24) is 4.90 Å². The van der Waals surface area contributed by atoms with E-state index in [1.807, 2.05) is 11.8 Å². The summed E-state index contributed by atoms with van der Waals surface area (Å²) < 4.78 is 10.7. The SMILES string of the molecule is CCc1cc(N(CCOC)CCOC)cc2c1N=C1C(C)=CC(N3CCCC3)C=C1S2. The zero-order chi connectivity index (χ0) is 21.8. The Balaban J connectivity index is 1.68. The Morgan fingerprint density at radius 3 is 2.45 bits per heavy atom. The molecule has 1 aromatic rings. The Hall–Kier alpha value is -1.60. The van der Waals surface area contributed by atoms with Crippen LogP contribution in [0.4, 0.5) is 11.4 Å². The summed E-state index contributed by atoms with van der Waals surface area (Å²) in [6.07, 6.45) is 8.41. The fourth-order valence-electron chi connectivity index (χ4n) is 4.60. The number of benzene rings is 1. The van der Waals surface area contributed by atoms with Crippen LogP contribution in [-0.2, 0) is 15.9 Å². The molecule has 0 bridgehead atoms. The van der Waals surface area contributed by atoms with Gasteiger partial charge in [-0.1, -0.05) is 24.8 Å². The minimum atomic E-state index is 0.402. The summed E-state index contributed by atoms with van der Waals surface area (Å²) in [5.74, 6) is 0. The number of fused-ring (bicyclic) bond motifs is 2. The van der Waals surface area contributed by atoms with E-state index in [0.29, 0.717) is 19.3 Å². The van der Waals surface area contributed by atoms with E-state index in [4.69, 9.17) is 14.5 Å². The minimum Gasteiger partial charge on any atom is -0.383 e. The van der Waals surface area contributed by atoms with E-state index in [2.05, 4.69) is 47.9 Å². The number of allylic oxidation sites excluding steroid dienone is 2. The molecule has 1 aromatic carbocycles. The molecule has 0 saturated carbocycles. The highest BCUT2D eigenvalue weighted by Gasteiger charge is 2.29. The monoisotopic (exact) mass is 441 g/mol. The maximum absolute atomic E-state index is 5.36. The van der Waals surface area contributed by atoms with Gasteiger partial charge in [-0.15, -0.1) is 0 Å². The Morgan fingerprint density at radius 2 is 1.81 bits per heavy atom. The first kappa shape index (κ1) is 22.6. The molecule has 0 N–H and O–H groups in total. The summed E-state index contributed by atoms with van der Waals surface area (Å²) in [6.45, 7) is 9.93. The molecule has 0 radical (unpaired) electrons. The highest BCUT2D eigenvalue weighted by molar-refractivity contribution is 8.04. The van der Waals surface area contributed by atoms with Crippen LogP contribution in [0.25, 0.3) is 0 Å². The Bertz CT molecular complexity index is 879. The lowest BCUT2D eigenvalue weighted by Crippen LogP contribution is -2.33. The number of nitrogens with zero attached hydrogens (tertiary/aromatic N) is 3. The number of rotatable bonds is 9. The lowest BCUT2D eigenvalue weighted by Gasteiger charge is -2.31. The van der Waals surface area contributed by atoms with Gasteiger partial charge in [0.05, 0.1) is 24.6 Å². The maximum Gasteiger partial charge on any atom is 0.0810 e. The van der Waals surface area contributed by atoms with Gasteiger partial charge in [-0.25, -0.2) is 4.99 Å². The van der Waals surface area contributed by atoms with Crippen LogP contribution < -0.4 is 4.90 Å². The summed E-state index contributed by atoms with van der Waals surface area (Å²) >= 11 is 1.89. The molecule has 31 heavy (non-hydrogen) atoms. The van der Waals surface area contributed by atoms with Gasteiger partial charge in [0.15, 0.2) is 0 Å². The van der Waals surface area contributed by atoms with E-state index in [1.165, 1.54) is 52.6 Å². The molecule has 0 amide bonds.